The summed E-state index contributed by atoms with van der Waals surface area (Å²) in [6, 6.07) is 69.4. The Hall–Kier alpha value is -7.50. The van der Waals surface area contributed by atoms with E-state index in [1.54, 1.807) is 0 Å². The van der Waals surface area contributed by atoms with E-state index in [1.807, 2.05) is 72.8 Å². The quantitative estimate of drug-likeness (QED) is 0.166. The van der Waals surface area contributed by atoms with Crippen LogP contribution in [0.15, 0.2) is 200 Å². The summed E-state index contributed by atoms with van der Waals surface area (Å²) in [4.78, 5) is 20.0. The molecule has 258 valence electrons. The Balaban J connectivity index is 1.02. The zero-order valence-electron chi connectivity index (χ0n) is 29.8. The first-order valence-electron chi connectivity index (χ1n) is 18.4. The number of rotatable bonds is 7. The average molecular weight is 704 g/mol. The van der Waals surface area contributed by atoms with Crippen molar-refractivity contribution in [3.63, 3.8) is 0 Å². The molecule has 55 heavy (non-hydrogen) atoms. The van der Waals surface area contributed by atoms with Crippen molar-refractivity contribution in [3.05, 3.63) is 200 Å². The van der Waals surface area contributed by atoms with Gasteiger partial charge in [0.15, 0.2) is 17.5 Å². The molecule has 0 radical (unpaired) electrons. The smallest absolute Gasteiger partial charge is 0.164 e. The molecular weight excluding hydrogens is 671 g/mol. The zero-order valence-corrected chi connectivity index (χ0v) is 29.8. The summed E-state index contributed by atoms with van der Waals surface area (Å²) < 4.78 is 2.24. The van der Waals surface area contributed by atoms with E-state index in [0.29, 0.717) is 17.5 Å². The standard InChI is InChI=1S/C50H33N5/c1-4-14-37(15-5-1)47-52-48(38-16-6-2-7-17-38)54-49(53-47)41-32-40-20-10-11-21-43(40)44(33-41)36-26-24-34(25-27-36)35-28-30-42(31-29-35)55-46-23-13-12-22-45(46)51-50(55)39-18-8-3-9-19-39/h1-33H. The maximum absolute atomic E-state index is 5.03. The van der Waals surface area contributed by atoms with Crippen molar-refractivity contribution in [2.45, 2.75) is 0 Å². The summed E-state index contributed by atoms with van der Waals surface area (Å²) >= 11 is 0. The second-order valence-corrected chi connectivity index (χ2v) is 13.5. The summed E-state index contributed by atoms with van der Waals surface area (Å²) in [5.74, 6) is 2.86. The van der Waals surface area contributed by atoms with E-state index in [-0.39, 0.29) is 0 Å². The minimum absolute atomic E-state index is 0.637. The number of imidazole rings is 1. The number of aromatic nitrogens is 5. The fourth-order valence-electron chi connectivity index (χ4n) is 7.33. The van der Waals surface area contributed by atoms with E-state index >= 15 is 0 Å². The summed E-state index contributed by atoms with van der Waals surface area (Å²) in [6.45, 7) is 0. The fraction of sp³-hybridized carbons (Fsp3) is 0. The molecule has 0 aliphatic heterocycles. The van der Waals surface area contributed by atoms with Crippen molar-refractivity contribution < 1.29 is 0 Å². The van der Waals surface area contributed by atoms with E-state index in [1.165, 1.54) is 5.39 Å². The third-order valence-electron chi connectivity index (χ3n) is 10.1. The van der Waals surface area contributed by atoms with Crippen LogP contribution in [0.25, 0.3) is 95.3 Å². The predicted octanol–water partition coefficient (Wildman–Crippen LogP) is 12.4. The third kappa shape index (κ3) is 6.14. The Kier molecular flexibility index (Phi) is 8.08. The summed E-state index contributed by atoms with van der Waals surface area (Å²) in [5.41, 5.74) is 11.6. The van der Waals surface area contributed by atoms with Gasteiger partial charge >= 0.3 is 0 Å². The molecule has 5 heteroatoms. The van der Waals surface area contributed by atoms with Crippen molar-refractivity contribution >= 4 is 21.8 Å². The first kappa shape index (κ1) is 32.2. The predicted molar refractivity (Wildman–Crippen MR) is 225 cm³/mol. The molecule has 10 aromatic rings. The van der Waals surface area contributed by atoms with Crippen LogP contribution in [-0.2, 0) is 0 Å². The molecule has 0 bridgehead atoms. The van der Waals surface area contributed by atoms with Gasteiger partial charge in [-0.25, -0.2) is 19.9 Å². The summed E-state index contributed by atoms with van der Waals surface area (Å²) in [5, 5.41) is 2.30. The minimum Gasteiger partial charge on any atom is -0.292 e. The molecule has 8 aromatic carbocycles. The lowest BCUT2D eigenvalue weighted by Gasteiger charge is -2.13. The van der Waals surface area contributed by atoms with Crippen molar-refractivity contribution in [2.75, 3.05) is 0 Å². The van der Waals surface area contributed by atoms with Crippen LogP contribution in [0.2, 0.25) is 0 Å². The van der Waals surface area contributed by atoms with Crippen LogP contribution < -0.4 is 0 Å². The molecule has 0 unspecified atom stereocenters. The van der Waals surface area contributed by atoms with Crippen molar-refractivity contribution in [1.82, 2.24) is 24.5 Å². The molecule has 0 aliphatic rings. The lowest BCUT2D eigenvalue weighted by molar-refractivity contribution is 1.07. The van der Waals surface area contributed by atoms with Crippen molar-refractivity contribution in [1.29, 1.82) is 0 Å². The Bertz CT molecular complexity index is 2880. The van der Waals surface area contributed by atoms with Crippen LogP contribution in [0.1, 0.15) is 0 Å². The van der Waals surface area contributed by atoms with Gasteiger partial charge in [0, 0.05) is 27.9 Å². The lowest BCUT2D eigenvalue weighted by atomic mass is 9.94. The molecule has 0 amide bonds. The van der Waals surface area contributed by atoms with Gasteiger partial charge in [0.25, 0.3) is 0 Å². The van der Waals surface area contributed by atoms with E-state index < -0.39 is 0 Å². The third-order valence-corrected chi connectivity index (χ3v) is 10.1. The zero-order chi connectivity index (χ0) is 36.6. The second-order valence-electron chi connectivity index (χ2n) is 13.5. The molecule has 10 rings (SSSR count). The Morgan fingerprint density at radius 2 is 0.818 bits per heavy atom. The number of benzene rings is 8. The number of para-hydroxylation sites is 2. The highest BCUT2D eigenvalue weighted by atomic mass is 15.1. The Labute approximate surface area is 318 Å². The van der Waals surface area contributed by atoms with Crippen LogP contribution in [0.4, 0.5) is 0 Å². The van der Waals surface area contributed by atoms with Crippen LogP contribution in [-0.4, -0.2) is 24.5 Å². The summed E-state index contributed by atoms with van der Waals surface area (Å²) in [7, 11) is 0. The van der Waals surface area contributed by atoms with Gasteiger partial charge in [-0.2, -0.15) is 0 Å². The maximum Gasteiger partial charge on any atom is 0.164 e. The number of fused-ring (bicyclic) bond motifs is 2. The molecule has 0 aliphatic carbocycles. The van der Waals surface area contributed by atoms with Crippen LogP contribution in [0, 0.1) is 0 Å². The lowest BCUT2D eigenvalue weighted by Crippen LogP contribution is -2.00. The highest BCUT2D eigenvalue weighted by Gasteiger charge is 2.16. The van der Waals surface area contributed by atoms with Gasteiger partial charge in [-0.05, 0) is 69.4 Å². The van der Waals surface area contributed by atoms with Gasteiger partial charge in [-0.15, -0.1) is 0 Å². The fourth-order valence-corrected chi connectivity index (χ4v) is 7.33. The summed E-state index contributed by atoms with van der Waals surface area (Å²) in [6.07, 6.45) is 0. The molecule has 0 saturated heterocycles. The van der Waals surface area contributed by atoms with E-state index in [9.17, 15) is 0 Å². The molecule has 5 nitrogen and oxygen atoms in total. The highest BCUT2D eigenvalue weighted by molar-refractivity contribution is 6.00. The van der Waals surface area contributed by atoms with E-state index in [4.69, 9.17) is 19.9 Å². The first-order valence-corrected chi connectivity index (χ1v) is 18.4. The maximum atomic E-state index is 5.03. The van der Waals surface area contributed by atoms with E-state index in [0.717, 1.165) is 72.4 Å². The van der Waals surface area contributed by atoms with Gasteiger partial charge < -0.3 is 0 Å². The molecule has 0 spiro atoms. The second kappa shape index (κ2) is 13.8. The van der Waals surface area contributed by atoms with Crippen LogP contribution >= 0.6 is 0 Å². The molecular formula is C50H33N5. The Morgan fingerprint density at radius 1 is 0.327 bits per heavy atom. The van der Waals surface area contributed by atoms with Gasteiger partial charge in [0.05, 0.1) is 11.0 Å². The van der Waals surface area contributed by atoms with Crippen LogP contribution in [0.5, 0.6) is 0 Å². The molecule has 0 N–H and O–H groups in total. The van der Waals surface area contributed by atoms with Gasteiger partial charge in [-0.1, -0.05) is 164 Å². The van der Waals surface area contributed by atoms with Crippen molar-refractivity contribution in [3.8, 4) is 73.5 Å². The first-order chi connectivity index (χ1) is 27.2. The van der Waals surface area contributed by atoms with Gasteiger partial charge in [0.2, 0.25) is 0 Å². The molecule has 2 heterocycles. The largest absolute Gasteiger partial charge is 0.292 e. The highest BCUT2D eigenvalue weighted by Crippen LogP contribution is 2.36. The minimum atomic E-state index is 0.637. The molecule has 0 atom stereocenters. The normalized spacial score (nSPS) is 11.3. The molecule has 0 saturated carbocycles. The SMILES string of the molecule is c1ccc(-c2nc(-c3ccccc3)nc(-c3cc(-c4ccc(-c5ccc(-n6c(-c7ccccc7)nc7ccccc76)cc5)cc4)c4ccccc4c3)n2)cc1. The topological polar surface area (TPSA) is 56.5 Å². The monoisotopic (exact) mass is 703 g/mol. The van der Waals surface area contributed by atoms with Gasteiger partial charge in [0.1, 0.15) is 5.82 Å². The molecule has 0 fully saturated rings. The Morgan fingerprint density at radius 3 is 1.45 bits per heavy atom. The van der Waals surface area contributed by atoms with Crippen molar-refractivity contribution in [2.24, 2.45) is 0 Å². The van der Waals surface area contributed by atoms with Gasteiger partial charge in [-0.3, -0.25) is 4.57 Å². The average Bonchev–Trinajstić information content (AvgIpc) is 3.67. The van der Waals surface area contributed by atoms with E-state index in [2.05, 4.69) is 132 Å². The number of hydrogen-bond donors (Lipinski definition) is 0. The molecule has 2 aromatic heterocycles. The van der Waals surface area contributed by atoms with Crippen LogP contribution in [0.3, 0.4) is 0 Å². The number of hydrogen-bond acceptors (Lipinski definition) is 4. The number of nitrogens with zero attached hydrogens (tertiary/aromatic N) is 5.